The van der Waals surface area contributed by atoms with Crippen molar-refractivity contribution in [2.75, 3.05) is 7.11 Å². The molecule has 1 heterocycles. The van der Waals surface area contributed by atoms with Gasteiger partial charge in [0.15, 0.2) is 0 Å². The van der Waals surface area contributed by atoms with E-state index < -0.39 is 0 Å². The van der Waals surface area contributed by atoms with Crippen LogP contribution in [0.5, 0.6) is 5.75 Å². The highest BCUT2D eigenvalue weighted by Gasteiger charge is 2.06. The van der Waals surface area contributed by atoms with Gasteiger partial charge in [-0.05, 0) is 24.6 Å². The molecule has 3 heteroatoms. The molecule has 2 rings (SSSR count). The summed E-state index contributed by atoms with van der Waals surface area (Å²) in [4.78, 5) is 11.7. The fraction of sp³-hybridized carbons (Fsp3) is 0.182. The van der Waals surface area contributed by atoms with E-state index in [-0.39, 0.29) is 11.2 Å². The van der Waals surface area contributed by atoms with Gasteiger partial charge in [-0.1, -0.05) is 6.07 Å². The molecule has 72 valence electrons. The molecule has 3 nitrogen and oxygen atoms in total. The van der Waals surface area contributed by atoms with Crippen molar-refractivity contribution in [1.82, 2.24) is 0 Å². The predicted molar refractivity (Wildman–Crippen MR) is 53.8 cm³/mol. The summed E-state index contributed by atoms with van der Waals surface area (Å²) in [7, 11) is 1.45. The molecular formula is C11H10O3. The van der Waals surface area contributed by atoms with Crippen LogP contribution in [-0.2, 0) is 0 Å². The number of methoxy groups -OCH3 is 1. The van der Waals surface area contributed by atoms with Gasteiger partial charge in [0.1, 0.15) is 11.8 Å². The average Bonchev–Trinajstić information content (AvgIpc) is 2.18. The maximum atomic E-state index is 11.7. The molecule has 0 bridgehead atoms. The van der Waals surface area contributed by atoms with E-state index in [0.29, 0.717) is 11.0 Å². The highest BCUT2D eigenvalue weighted by Crippen LogP contribution is 2.15. The smallest absolute Gasteiger partial charge is 0.234 e. The first-order valence-electron chi connectivity index (χ1n) is 4.28. The third-order valence-corrected chi connectivity index (χ3v) is 2.12. The van der Waals surface area contributed by atoms with E-state index >= 15 is 0 Å². The lowest BCUT2D eigenvalue weighted by atomic mass is 10.1. The zero-order valence-electron chi connectivity index (χ0n) is 8.03. The van der Waals surface area contributed by atoms with Crippen LogP contribution in [0.15, 0.2) is 33.7 Å². The highest BCUT2D eigenvalue weighted by molar-refractivity contribution is 5.78. The van der Waals surface area contributed by atoms with E-state index in [0.717, 1.165) is 5.56 Å². The molecule has 1 aromatic carbocycles. The molecule has 14 heavy (non-hydrogen) atoms. The highest BCUT2D eigenvalue weighted by atomic mass is 16.5. The zero-order valence-corrected chi connectivity index (χ0v) is 8.03. The van der Waals surface area contributed by atoms with E-state index in [1.165, 1.54) is 13.4 Å². The minimum absolute atomic E-state index is 0.131. The summed E-state index contributed by atoms with van der Waals surface area (Å²) in [6.45, 7) is 1.95. The van der Waals surface area contributed by atoms with Gasteiger partial charge < -0.3 is 9.15 Å². The number of ether oxygens (including phenoxy) is 1. The second kappa shape index (κ2) is 3.18. The summed E-state index contributed by atoms with van der Waals surface area (Å²) < 4.78 is 10.1. The Morgan fingerprint density at radius 1 is 1.36 bits per heavy atom. The second-order valence-corrected chi connectivity index (χ2v) is 3.13. The molecule has 0 N–H and O–H groups in total. The number of rotatable bonds is 1. The molecule has 0 aliphatic carbocycles. The number of fused-ring (bicyclic) bond motifs is 1. The summed E-state index contributed by atoms with van der Waals surface area (Å²) in [5.41, 5.74) is 1.52. The van der Waals surface area contributed by atoms with Crippen molar-refractivity contribution in [2.24, 2.45) is 0 Å². The molecule has 0 atom stereocenters. The van der Waals surface area contributed by atoms with Crippen molar-refractivity contribution in [2.45, 2.75) is 6.92 Å². The minimum atomic E-state index is -0.131. The van der Waals surface area contributed by atoms with Crippen LogP contribution in [-0.4, -0.2) is 7.11 Å². The molecule has 1 aromatic heterocycles. The Hall–Kier alpha value is -1.77. The molecule has 0 saturated heterocycles. The van der Waals surface area contributed by atoms with Crippen molar-refractivity contribution < 1.29 is 9.15 Å². The minimum Gasteiger partial charge on any atom is -0.490 e. The lowest BCUT2D eigenvalue weighted by molar-refractivity contribution is 0.394. The van der Waals surface area contributed by atoms with Crippen LogP contribution in [0.1, 0.15) is 5.56 Å². The molecule has 0 spiro atoms. The Morgan fingerprint density at radius 3 is 2.86 bits per heavy atom. The molecule has 0 amide bonds. The second-order valence-electron chi connectivity index (χ2n) is 3.13. The fourth-order valence-electron chi connectivity index (χ4n) is 1.36. The van der Waals surface area contributed by atoms with Crippen LogP contribution in [0.3, 0.4) is 0 Å². The molecule has 0 saturated carbocycles. The molecule has 0 aliphatic rings. The molecular weight excluding hydrogens is 180 g/mol. The molecule has 0 radical (unpaired) electrons. The Balaban J connectivity index is 2.84. The first kappa shape index (κ1) is 8.81. The lowest BCUT2D eigenvalue weighted by Gasteiger charge is -2.00. The van der Waals surface area contributed by atoms with Crippen LogP contribution >= 0.6 is 0 Å². The van der Waals surface area contributed by atoms with Crippen LogP contribution in [0.2, 0.25) is 0 Å². The van der Waals surface area contributed by atoms with Crippen molar-refractivity contribution in [1.29, 1.82) is 0 Å². The van der Waals surface area contributed by atoms with E-state index in [1.54, 1.807) is 6.07 Å². The van der Waals surface area contributed by atoms with Crippen LogP contribution in [0, 0.1) is 6.92 Å². The maximum absolute atomic E-state index is 11.7. The van der Waals surface area contributed by atoms with Gasteiger partial charge in [-0.25, -0.2) is 0 Å². The van der Waals surface area contributed by atoms with E-state index in [1.807, 2.05) is 19.1 Å². The summed E-state index contributed by atoms with van der Waals surface area (Å²) in [5, 5.41) is 0.551. The van der Waals surface area contributed by atoms with E-state index in [2.05, 4.69) is 0 Å². The SMILES string of the molecule is COc1coc2cc(C)ccc2c1=O. The van der Waals surface area contributed by atoms with Crippen molar-refractivity contribution in [3.8, 4) is 5.75 Å². The molecule has 0 fully saturated rings. The van der Waals surface area contributed by atoms with Crippen molar-refractivity contribution in [3.63, 3.8) is 0 Å². The zero-order chi connectivity index (χ0) is 10.1. The number of benzene rings is 1. The van der Waals surface area contributed by atoms with Gasteiger partial charge in [-0.2, -0.15) is 0 Å². The topological polar surface area (TPSA) is 39.4 Å². The number of aryl methyl sites for hydroxylation is 1. The van der Waals surface area contributed by atoms with Gasteiger partial charge in [0.05, 0.1) is 12.5 Å². The summed E-state index contributed by atoms with van der Waals surface area (Å²) in [5.74, 6) is 0.237. The Morgan fingerprint density at radius 2 is 2.14 bits per heavy atom. The summed E-state index contributed by atoms with van der Waals surface area (Å²) in [6.07, 6.45) is 1.34. The first-order valence-corrected chi connectivity index (χ1v) is 4.28. The van der Waals surface area contributed by atoms with Gasteiger partial charge in [-0.15, -0.1) is 0 Å². The Labute approximate surface area is 80.9 Å². The normalized spacial score (nSPS) is 10.4. The van der Waals surface area contributed by atoms with Crippen LogP contribution in [0.4, 0.5) is 0 Å². The fourth-order valence-corrected chi connectivity index (χ4v) is 1.36. The lowest BCUT2D eigenvalue weighted by Crippen LogP contribution is -2.04. The van der Waals surface area contributed by atoms with Gasteiger partial charge in [0.2, 0.25) is 11.2 Å². The van der Waals surface area contributed by atoms with E-state index in [9.17, 15) is 4.79 Å². The Bertz CT molecular complexity index is 526. The van der Waals surface area contributed by atoms with Gasteiger partial charge in [-0.3, -0.25) is 4.79 Å². The van der Waals surface area contributed by atoms with Gasteiger partial charge in [0, 0.05) is 0 Å². The first-order chi connectivity index (χ1) is 6.72. The molecule has 0 unspecified atom stereocenters. The predicted octanol–water partition coefficient (Wildman–Crippen LogP) is 2.11. The third kappa shape index (κ3) is 1.27. The largest absolute Gasteiger partial charge is 0.490 e. The summed E-state index contributed by atoms with van der Waals surface area (Å²) >= 11 is 0. The standard InChI is InChI=1S/C11H10O3/c1-7-3-4-8-9(5-7)14-6-10(13-2)11(8)12/h3-6H,1-2H3. The average molecular weight is 190 g/mol. The quantitative estimate of drug-likeness (QED) is 0.691. The van der Waals surface area contributed by atoms with Gasteiger partial charge in [0.25, 0.3) is 0 Å². The molecule has 2 aromatic rings. The third-order valence-electron chi connectivity index (χ3n) is 2.12. The van der Waals surface area contributed by atoms with Crippen molar-refractivity contribution >= 4 is 11.0 Å². The van der Waals surface area contributed by atoms with Crippen LogP contribution in [0.25, 0.3) is 11.0 Å². The van der Waals surface area contributed by atoms with Crippen LogP contribution < -0.4 is 10.2 Å². The number of hydrogen-bond acceptors (Lipinski definition) is 3. The number of hydrogen-bond donors (Lipinski definition) is 0. The van der Waals surface area contributed by atoms with Crippen molar-refractivity contribution in [3.05, 3.63) is 40.2 Å². The Kier molecular flexibility index (Phi) is 2.00. The summed E-state index contributed by atoms with van der Waals surface area (Å²) in [6, 6.07) is 5.45. The maximum Gasteiger partial charge on any atom is 0.234 e. The molecule has 0 aliphatic heterocycles. The monoisotopic (exact) mass is 190 g/mol. The van der Waals surface area contributed by atoms with E-state index in [4.69, 9.17) is 9.15 Å². The van der Waals surface area contributed by atoms with Gasteiger partial charge >= 0.3 is 0 Å².